The minimum atomic E-state index is -0.493. The van der Waals surface area contributed by atoms with Gasteiger partial charge in [0.2, 0.25) is 0 Å². The molecule has 1 aliphatic rings. The molecule has 0 saturated carbocycles. The number of fused-ring (bicyclic) bond motifs is 3. The Morgan fingerprint density at radius 3 is 1.65 bits per heavy atom. The summed E-state index contributed by atoms with van der Waals surface area (Å²) in [6, 6.07) is 34.4. The van der Waals surface area contributed by atoms with E-state index in [2.05, 4.69) is 141 Å². The second-order valence-electron chi connectivity index (χ2n) is 10.9. The van der Waals surface area contributed by atoms with Gasteiger partial charge in [-0.3, -0.25) is 6.58 Å². The molecule has 0 heterocycles. The van der Waals surface area contributed by atoms with Crippen molar-refractivity contribution in [2.24, 2.45) is 11.8 Å². The van der Waals surface area contributed by atoms with Gasteiger partial charge in [0.05, 0.1) is 25.2 Å². The maximum atomic E-state index is 11.5. The van der Waals surface area contributed by atoms with Gasteiger partial charge in [-0.25, -0.2) is 4.79 Å². The van der Waals surface area contributed by atoms with Gasteiger partial charge in [-0.15, -0.1) is 5.92 Å². The quantitative estimate of drug-likeness (QED) is 0.0717. The summed E-state index contributed by atoms with van der Waals surface area (Å²) in [6.45, 7) is 20.2. The van der Waals surface area contributed by atoms with Crippen molar-refractivity contribution in [2.45, 2.75) is 32.1 Å². The van der Waals surface area contributed by atoms with Gasteiger partial charge >= 0.3 is 25.5 Å². The number of esters is 1. The van der Waals surface area contributed by atoms with E-state index in [1.165, 1.54) is 33.9 Å². The van der Waals surface area contributed by atoms with Gasteiger partial charge in [-0.1, -0.05) is 99.6 Å². The third-order valence-corrected chi connectivity index (χ3v) is 8.28. The molecule has 0 fully saturated rings. The summed E-state index contributed by atoms with van der Waals surface area (Å²) in [4.78, 5) is 11.5. The monoisotopic (exact) mass is 661 g/mol. The van der Waals surface area contributed by atoms with Crippen LogP contribution in [0.25, 0.3) is 11.1 Å². The van der Waals surface area contributed by atoms with Crippen LogP contribution < -0.4 is 9.47 Å². The molecule has 0 N–H and O–H groups in total. The van der Waals surface area contributed by atoms with E-state index in [9.17, 15) is 4.79 Å². The molecule has 0 radical (unpaired) electrons. The van der Waals surface area contributed by atoms with Crippen LogP contribution in [0, 0.1) is 25.3 Å². The fraction of sp³-hybridized carbons (Fsp3) is 0.250. The molecule has 2 unspecified atom stereocenters. The van der Waals surface area contributed by atoms with Gasteiger partial charge in [0.1, 0.15) is 11.5 Å². The van der Waals surface area contributed by atoms with E-state index < -0.39 is 11.4 Å². The van der Waals surface area contributed by atoms with Crippen LogP contribution >= 0.6 is 0 Å². The molecule has 0 aromatic heterocycles. The number of carbonyl (C=O) groups excluding carboxylic acids is 1. The first kappa shape index (κ1) is 36.2. The molecular weight excluding hydrogens is 619 g/mol. The van der Waals surface area contributed by atoms with E-state index in [0.29, 0.717) is 19.8 Å². The minimum absolute atomic E-state index is 0.102. The Morgan fingerprint density at radius 2 is 1.22 bits per heavy atom. The summed E-state index contributed by atoms with van der Waals surface area (Å²) < 4.78 is 25.4. The SMILES string of the molecule is C=CC(=O)OCC(CC)COc1ccc(C2(c3ccc(OCC([CH2-])CC)cc3)c3ccccc3-c3ccccc32)cc1.[CH-]=C.[O]=[Co]. The van der Waals surface area contributed by atoms with Crippen LogP contribution in [0.4, 0.5) is 0 Å². The maximum absolute atomic E-state index is 11.5. The standard InChI is InChI=1S/C38H39O4.C2H3.Co.O/c1-5-27(4)24-40-31-20-16-29(17-21-31)38(35-14-10-8-12-33(35)34-13-9-11-15-36(34)38)30-18-22-32(23-19-30)41-25-28(6-2)26-42-37(39)7-3;1-2;;/h7-23,27-28H,3-6,24-26H2,1-2H3;1H,2H2;;/q2*-1;;. The molecule has 5 nitrogen and oxygen atoms in total. The van der Waals surface area contributed by atoms with E-state index in [1.54, 1.807) is 0 Å². The normalized spacial score (nSPS) is 13.2. The van der Waals surface area contributed by atoms with Crippen LogP contribution in [0.15, 0.2) is 116 Å². The van der Waals surface area contributed by atoms with Crippen molar-refractivity contribution < 1.29 is 38.5 Å². The molecule has 5 rings (SSSR count). The van der Waals surface area contributed by atoms with E-state index in [4.69, 9.17) is 18.1 Å². The Morgan fingerprint density at radius 1 is 0.761 bits per heavy atom. The number of rotatable bonds is 13. The van der Waals surface area contributed by atoms with E-state index in [-0.39, 0.29) is 11.8 Å². The molecule has 0 saturated heterocycles. The van der Waals surface area contributed by atoms with Gasteiger partial charge in [-0.05, 0) is 64.1 Å². The first-order chi connectivity index (χ1) is 22.5. The molecule has 1 aliphatic carbocycles. The van der Waals surface area contributed by atoms with Gasteiger partial charge in [0, 0.05) is 12.0 Å². The Kier molecular flexibility index (Phi) is 14.2. The molecule has 6 heteroatoms. The van der Waals surface area contributed by atoms with Gasteiger partial charge in [-0.2, -0.15) is 0 Å². The Bertz CT molecular complexity index is 1500. The zero-order chi connectivity index (χ0) is 33.5. The molecule has 243 valence electrons. The van der Waals surface area contributed by atoms with Crippen LogP contribution in [0.5, 0.6) is 11.5 Å². The third kappa shape index (κ3) is 7.93. The molecule has 0 bridgehead atoms. The molecular formula is C40H42CoO5-2. The summed E-state index contributed by atoms with van der Waals surface area (Å²) in [5.74, 6) is 1.59. The van der Waals surface area contributed by atoms with Crippen molar-refractivity contribution >= 4 is 5.97 Å². The average Bonchev–Trinajstić information content (AvgIpc) is 3.43. The van der Waals surface area contributed by atoms with Gasteiger partial charge < -0.3 is 27.7 Å². The summed E-state index contributed by atoms with van der Waals surface area (Å²) in [7, 11) is 0. The summed E-state index contributed by atoms with van der Waals surface area (Å²) in [5.41, 5.74) is 6.86. The first-order valence-electron chi connectivity index (χ1n) is 15.3. The van der Waals surface area contributed by atoms with Gasteiger partial charge in [0.15, 0.2) is 0 Å². The van der Waals surface area contributed by atoms with Crippen molar-refractivity contribution in [3.63, 3.8) is 0 Å². The second-order valence-corrected chi connectivity index (χ2v) is 10.9. The Hall–Kier alpha value is -4.26. The van der Waals surface area contributed by atoms with Crippen molar-refractivity contribution in [3.8, 4) is 22.6 Å². The van der Waals surface area contributed by atoms with Crippen LogP contribution in [0.3, 0.4) is 0 Å². The molecule has 46 heavy (non-hydrogen) atoms. The van der Waals surface area contributed by atoms with Crippen LogP contribution in [-0.4, -0.2) is 25.8 Å². The topological polar surface area (TPSA) is 61.8 Å². The Balaban J connectivity index is 0.00000139. The second kappa shape index (κ2) is 18.0. The van der Waals surface area contributed by atoms with Crippen LogP contribution in [-0.2, 0) is 34.5 Å². The first-order valence-corrected chi connectivity index (χ1v) is 15.8. The molecule has 0 amide bonds. The van der Waals surface area contributed by atoms with Crippen LogP contribution in [0.2, 0.25) is 0 Å². The zero-order valence-corrected chi connectivity index (χ0v) is 27.6. The number of hydrogen-bond donors (Lipinski definition) is 0. The summed E-state index contributed by atoms with van der Waals surface area (Å²) in [5, 5.41) is 0. The number of benzene rings is 4. The molecule has 0 spiro atoms. The summed E-state index contributed by atoms with van der Waals surface area (Å²) >= 11 is 2.31. The number of hydrogen-bond acceptors (Lipinski definition) is 5. The van der Waals surface area contributed by atoms with Crippen molar-refractivity contribution in [3.05, 3.63) is 152 Å². The fourth-order valence-electron chi connectivity index (χ4n) is 5.71. The average molecular weight is 662 g/mol. The molecule has 4 aromatic carbocycles. The Labute approximate surface area is 282 Å². The summed E-state index contributed by atoms with van der Waals surface area (Å²) in [6.07, 6.45) is 3.01. The molecule has 0 aliphatic heterocycles. The number of ether oxygens (including phenoxy) is 3. The van der Waals surface area contributed by atoms with Gasteiger partial charge in [0.25, 0.3) is 0 Å². The zero-order valence-electron chi connectivity index (χ0n) is 26.6. The van der Waals surface area contributed by atoms with E-state index >= 15 is 0 Å². The predicted octanol–water partition coefficient (Wildman–Crippen LogP) is 8.91. The van der Waals surface area contributed by atoms with Crippen molar-refractivity contribution in [1.29, 1.82) is 0 Å². The van der Waals surface area contributed by atoms with Crippen molar-refractivity contribution in [1.82, 2.24) is 0 Å². The van der Waals surface area contributed by atoms with E-state index in [0.717, 1.165) is 29.9 Å². The third-order valence-electron chi connectivity index (χ3n) is 8.28. The molecule has 2 atom stereocenters. The number of carbonyl (C=O) groups is 1. The fourth-order valence-corrected chi connectivity index (χ4v) is 5.71. The van der Waals surface area contributed by atoms with Crippen molar-refractivity contribution in [2.75, 3.05) is 19.8 Å². The molecule has 4 aromatic rings. The van der Waals surface area contributed by atoms with Crippen LogP contribution in [0.1, 0.15) is 48.9 Å². The van der Waals surface area contributed by atoms with E-state index in [1.807, 2.05) is 12.1 Å². The predicted molar refractivity (Wildman–Crippen MR) is 179 cm³/mol.